The van der Waals surface area contributed by atoms with E-state index in [1.807, 2.05) is 38.1 Å². The average Bonchev–Trinajstić information content (AvgIpc) is 2.72. The van der Waals surface area contributed by atoms with E-state index in [4.69, 9.17) is 11.6 Å². The van der Waals surface area contributed by atoms with Gasteiger partial charge in [-0.1, -0.05) is 61.8 Å². The Bertz CT molecular complexity index is 928. The number of carbonyl (C=O) groups excluding carboxylic acids is 3. The van der Waals surface area contributed by atoms with Crippen LogP contribution in [-0.4, -0.2) is 28.7 Å². The van der Waals surface area contributed by atoms with Gasteiger partial charge in [0.05, 0.1) is 6.42 Å². The van der Waals surface area contributed by atoms with Crippen molar-refractivity contribution in [3.8, 4) is 0 Å². The normalized spacial score (nSPS) is 15.5. The summed E-state index contributed by atoms with van der Waals surface area (Å²) in [5.74, 6) is -0.613. The molecule has 0 aliphatic carbocycles. The van der Waals surface area contributed by atoms with E-state index < -0.39 is 11.9 Å². The van der Waals surface area contributed by atoms with Crippen molar-refractivity contribution < 1.29 is 14.4 Å². The first kappa shape index (κ1) is 21.8. The van der Waals surface area contributed by atoms with Gasteiger partial charge < -0.3 is 4.90 Å². The number of hydrogen-bond acceptors (Lipinski definition) is 3. The molecule has 3 amide bonds. The van der Waals surface area contributed by atoms with Gasteiger partial charge in [0.2, 0.25) is 11.8 Å². The van der Waals surface area contributed by atoms with Crippen molar-refractivity contribution in [1.29, 1.82) is 0 Å². The number of hydrogen-bond donors (Lipinski definition) is 2. The highest BCUT2D eigenvalue weighted by Crippen LogP contribution is 2.25. The van der Waals surface area contributed by atoms with E-state index >= 15 is 0 Å². The molecule has 0 bridgehead atoms. The molecule has 30 heavy (non-hydrogen) atoms. The Morgan fingerprint density at radius 2 is 1.70 bits per heavy atom. The highest BCUT2D eigenvalue weighted by molar-refractivity contribution is 6.30. The number of nitrogens with one attached hydrogen (secondary N) is 2. The average molecular weight is 428 g/mol. The Morgan fingerprint density at radius 3 is 2.37 bits per heavy atom. The van der Waals surface area contributed by atoms with Crippen LogP contribution in [0, 0.1) is 5.92 Å². The second kappa shape index (κ2) is 9.76. The number of benzene rings is 2. The summed E-state index contributed by atoms with van der Waals surface area (Å²) in [6.45, 7) is 4.34. The van der Waals surface area contributed by atoms with Crippen LogP contribution in [0.25, 0.3) is 0 Å². The van der Waals surface area contributed by atoms with Gasteiger partial charge in [-0.05, 0) is 34.7 Å². The molecule has 1 unspecified atom stereocenters. The lowest BCUT2D eigenvalue weighted by Crippen LogP contribution is -2.56. The summed E-state index contributed by atoms with van der Waals surface area (Å²) in [6.07, 6.45) is 0.898. The van der Waals surface area contributed by atoms with Crippen LogP contribution >= 0.6 is 11.6 Å². The van der Waals surface area contributed by atoms with E-state index in [1.165, 1.54) is 0 Å². The highest BCUT2D eigenvalue weighted by atomic mass is 35.5. The molecule has 2 aromatic carbocycles. The summed E-state index contributed by atoms with van der Waals surface area (Å²) < 4.78 is 0. The van der Waals surface area contributed by atoms with Gasteiger partial charge in [0.15, 0.2) is 0 Å². The monoisotopic (exact) mass is 427 g/mol. The second-order valence-electron chi connectivity index (χ2n) is 7.95. The first-order valence-electron chi connectivity index (χ1n) is 10.0. The predicted molar refractivity (Wildman–Crippen MR) is 115 cm³/mol. The molecule has 0 spiro atoms. The number of amides is 3. The van der Waals surface area contributed by atoms with E-state index in [9.17, 15) is 14.4 Å². The third-order valence-electron chi connectivity index (χ3n) is 5.06. The SMILES string of the molecule is CC(C)CC(=O)N1Cc2ccccc2CC1C(=O)NNC(=O)Cc1ccc(Cl)cc1. The molecule has 0 saturated carbocycles. The molecular weight excluding hydrogens is 402 g/mol. The molecule has 6 nitrogen and oxygen atoms in total. The topological polar surface area (TPSA) is 78.5 Å². The molecule has 3 rings (SSSR count). The standard InChI is InChI=1S/C23H26ClN3O3/c1-15(2)11-22(29)27-14-18-6-4-3-5-17(18)13-20(27)23(30)26-25-21(28)12-16-7-9-19(24)10-8-16/h3-10,15,20H,11-14H2,1-2H3,(H,25,28)(H,26,30). The van der Waals surface area contributed by atoms with Crippen molar-refractivity contribution in [3.05, 3.63) is 70.2 Å². The molecule has 0 saturated heterocycles. The van der Waals surface area contributed by atoms with E-state index in [0.29, 0.717) is 24.4 Å². The molecule has 1 aliphatic heterocycles. The Hall–Kier alpha value is -2.86. The van der Waals surface area contributed by atoms with Gasteiger partial charge in [-0.15, -0.1) is 0 Å². The van der Waals surface area contributed by atoms with Gasteiger partial charge in [-0.25, -0.2) is 0 Å². The Balaban J connectivity index is 1.66. The fourth-order valence-electron chi connectivity index (χ4n) is 3.53. The molecule has 158 valence electrons. The molecular formula is C23H26ClN3O3. The third-order valence-corrected chi connectivity index (χ3v) is 5.31. The van der Waals surface area contributed by atoms with E-state index in [0.717, 1.165) is 16.7 Å². The molecule has 1 aliphatic rings. The summed E-state index contributed by atoms with van der Waals surface area (Å²) >= 11 is 5.85. The summed E-state index contributed by atoms with van der Waals surface area (Å²) in [5.41, 5.74) is 7.82. The minimum atomic E-state index is -0.665. The zero-order valence-electron chi connectivity index (χ0n) is 17.2. The van der Waals surface area contributed by atoms with Gasteiger partial charge in [-0.2, -0.15) is 0 Å². The van der Waals surface area contributed by atoms with Crippen molar-refractivity contribution in [2.24, 2.45) is 5.92 Å². The van der Waals surface area contributed by atoms with E-state index in [-0.39, 0.29) is 24.2 Å². The summed E-state index contributed by atoms with van der Waals surface area (Å²) in [6, 6.07) is 14.1. The molecule has 1 heterocycles. The van der Waals surface area contributed by atoms with E-state index in [1.54, 1.807) is 29.2 Å². The van der Waals surface area contributed by atoms with Crippen molar-refractivity contribution in [3.63, 3.8) is 0 Å². The van der Waals surface area contributed by atoms with Crippen LogP contribution in [0.15, 0.2) is 48.5 Å². The van der Waals surface area contributed by atoms with Crippen molar-refractivity contribution in [1.82, 2.24) is 15.8 Å². The van der Waals surface area contributed by atoms with Gasteiger partial charge in [-0.3, -0.25) is 25.2 Å². The summed E-state index contributed by atoms with van der Waals surface area (Å²) in [4.78, 5) is 39.5. The molecule has 0 aromatic heterocycles. The van der Waals surface area contributed by atoms with Crippen LogP contribution in [0.4, 0.5) is 0 Å². The summed E-state index contributed by atoms with van der Waals surface area (Å²) in [5, 5.41) is 0.594. The first-order chi connectivity index (χ1) is 14.3. The molecule has 1 atom stereocenters. The zero-order chi connectivity index (χ0) is 21.7. The molecule has 0 radical (unpaired) electrons. The Labute approximate surface area is 181 Å². The zero-order valence-corrected chi connectivity index (χ0v) is 17.9. The molecule has 2 N–H and O–H groups in total. The van der Waals surface area contributed by atoms with Gasteiger partial charge >= 0.3 is 0 Å². The highest BCUT2D eigenvalue weighted by Gasteiger charge is 2.34. The van der Waals surface area contributed by atoms with Gasteiger partial charge in [0, 0.05) is 24.4 Å². The Morgan fingerprint density at radius 1 is 1.03 bits per heavy atom. The second-order valence-corrected chi connectivity index (χ2v) is 8.39. The number of hydrazine groups is 1. The van der Waals surface area contributed by atoms with E-state index in [2.05, 4.69) is 10.9 Å². The fraction of sp³-hybridized carbons (Fsp3) is 0.348. The van der Waals surface area contributed by atoms with Gasteiger partial charge in [0.1, 0.15) is 6.04 Å². The molecule has 7 heteroatoms. The van der Waals surface area contributed by atoms with Crippen LogP contribution < -0.4 is 10.9 Å². The van der Waals surface area contributed by atoms with Crippen molar-refractivity contribution >= 4 is 29.3 Å². The number of nitrogens with zero attached hydrogens (tertiary/aromatic N) is 1. The number of rotatable bonds is 5. The summed E-state index contributed by atoms with van der Waals surface area (Å²) in [7, 11) is 0. The lowest BCUT2D eigenvalue weighted by molar-refractivity contribution is -0.143. The molecule has 2 aromatic rings. The largest absolute Gasteiger partial charge is 0.326 e. The lowest BCUT2D eigenvalue weighted by Gasteiger charge is -2.36. The maximum Gasteiger partial charge on any atom is 0.261 e. The fourth-order valence-corrected chi connectivity index (χ4v) is 3.66. The van der Waals surface area contributed by atoms with Crippen LogP contribution in [0.5, 0.6) is 0 Å². The van der Waals surface area contributed by atoms with Crippen LogP contribution in [0.2, 0.25) is 5.02 Å². The van der Waals surface area contributed by atoms with Gasteiger partial charge in [0.25, 0.3) is 5.91 Å². The van der Waals surface area contributed by atoms with Crippen LogP contribution in [0.3, 0.4) is 0 Å². The Kier molecular flexibility index (Phi) is 7.11. The van der Waals surface area contributed by atoms with Crippen molar-refractivity contribution in [2.45, 2.75) is 45.7 Å². The predicted octanol–water partition coefficient (Wildman–Crippen LogP) is 3.03. The lowest BCUT2D eigenvalue weighted by atomic mass is 9.92. The minimum absolute atomic E-state index is 0.0628. The van der Waals surface area contributed by atoms with Crippen LogP contribution in [-0.2, 0) is 33.8 Å². The number of carbonyl (C=O) groups is 3. The minimum Gasteiger partial charge on any atom is -0.326 e. The number of fused-ring (bicyclic) bond motifs is 1. The number of halogens is 1. The third kappa shape index (κ3) is 5.60. The maximum absolute atomic E-state index is 12.9. The quantitative estimate of drug-likeness (QED) is 0.720. The molecule has 0 fully saturated rings. The first-order valence-corrected chi connectivity index (χ1v) is 10.4. The maximum atomic E-state index is 12.9. The van der Waals surface area contributed by atoms with Crippen molar-refractivity contribution in [2.75, 3.05) is 0 Å². The smallest absolute Gasteiger partial charge is 0.261 e. The van der Waals surface area contributed by atoms with Crippen LogP contribution in [0.1, 0.15) is 37.0 Å².